The highest BCUT2D eigenvalue weighted by Gasteiger charge is 2.38. The average molecular weight is 466 g/mol. The van der Waals surface area contributed by atoms with Gasteiger partial charge in [0.05, 0.1) is 16.4 Å². The van der Waals surface area contributed by atoms with Gasteiger partial charge in [0.1, 0.15) is 10.7 Å². The number of halogens is 2. The normalized spacial score (nSPS) is 13.5. The molecule has 0 radical (unpaired) electrons. The zero-order valence-corrected chi connectivity index (χ0v) is 18.4. The molecule has 6 nitrogen and oxygen atoms in total. The maximum atomic E-state index is 12.9. The van der Waals surface area contributed by atoms with Crippen LogP contribution >= 0.6 is 23.2 Å². The minimum atomic E-state index is -0.615. The summed E-state index contributed by atoms with van der Waals surface area (Å²) in [5.41, 5.74) is 2.61. The average Bonchev–Trinajstić information content (AvgIpc) is 2.99. The molecule has 4 rings (SSSR count). The number of benzene rings is 3. The summed E-state index contributed by atoms with van der Waals surface area (Å²) in [7, 11) is 0. The molecule has 3 aromatic carbocycles. The fourth-order valence-corrected chi connectivity index (χ4v) is 3.57. The molecule has 3 amide bonds. The van der Waals surface area contributed by atoms with Gasteiger partial charge in [-0.15, -0.1) is 0 Å². The Kier molecular flexibility index (Phi) is 5.99. The van der Waals surface area contributed by atoms with Crippen molar-refractivity contribution < 1.29 is 14.4 Å². The van der Waals surface area contributed by atoms with Crippen molar-refractivity contribution >= 4 is 58.0 Å². The van der Waals surface area contributed by atoms with Crippen LogP contribution < -0.4 is 15.5 Å². The van der Waals surface area contributed by atoms with Gasteiger partial charge in [0.15, 0.2) is 0 Å². The molecule has 3 aromatic rings. The number of nitrogens with zero attached hydrogens (tertiary/aromatic N) is 1. The molecule has 0 aromatic heterocycles. The molecule has 0 atom stereocenters. The van der Waals surface area contributed by atoms with E-state index in [1.54, 1.807) is 72.8 Å². The lowest BCUT2D eigenvalue weighted by molar-refractivity contribution is -0.120. The number of amides is 3. The maximum absolute atomic E-state index is 12.9. The van der Waals surface area contributed by atoms with E-state index >= 15 is 0 Å². The smallest absolute Gasteiger partial charge is 0.283 e. The van der Waals surface area contributed by atoms with E-state index in [1.807, 2.05) is 6.92 Å². The van der Waals surface area contributed by atoms with E-state index in [-0.39, 0.29) is 16.6 Å². The monoisotopic (exact) mass is 465 g/mol. The van der Waals surface area contributed by atoms with Crippen molar-refractivity contribution in [1.29, 1.82) is 0 Å². The summed E-state index contributed by atoms with van der Waals surface area (Å²) < 4.78 is 0. The molecule has 0 saturated heterocycles. The van der Waals surface area contributed by atoms with Gasteiger partial charge >= 0.3 is 0 Å². The van der Waals surface area contributed by atoms with Gasteiger partial charge in [0.25, 0.3) is 17.7 Å². The Bertz CT molecular complexity index is 1270. The third-order valence-electron chi connectivity index (χ3n) is 4.84. The number of anilines is 3. The van der Waals surface area contributed by atoms with Crippen LogP contribution in [-0.2, 0) is 9.59 Å². The van der Waals surface area contributed by atoms with Crippen molar-refractivity contribution in [3.05, 3.63) is 99.7 Å². The highest BCUT2D eigenvalue weighted by molar-refractivity contribution is 6.53. The standard InChI is InChI=1S/C24H17Cl2N3O3/c1-14-9-11-17(12-10-14)29-23(31)20(26)21(24(29)32)27-16-6-4-5-15(13-16)22(30)28-19-8-3-2-7-18(19)25/h2-13,27H,1H3,(H,28,30). The molecule has 1 heterocycles. The van der Waals surface area contributed by atoms with E-state index < -0.39 is 11.8 Å². The second kappa shape index (κ2) is 8.86. The molecule has 160 valence electrons. The van der Waals surface area contributed by atoms with Gasteiger partial charge in [-0.3, -0.25) is 14.4 Å². The van der Waals surface area contributed by atoms with Gasteiger partial charge < -0.3 is 10.6 Å². The molecule has 1 aliphatic rings. The highest BCUT2D eigenvalue weighted by Crippen LogP contribution is 2.30. The lowest BCUT2D eigenvalue weighted by atomic mass is 10.1. The minimum Gasteiger partial charge on any atom is -0.350 e. The zero-order chi connectivity index (χ0) is 22.8. The molecule has 0 unspecified atom stereocenters. The fourth-order valence-electron chi connectivity index (χ4n) is 3.18. The SMILES string of the molecule is Cc1ccc(N2C(=O)C(Cl)=C(Nc3cccc(C(=O)Nc4ccccc4Cl)c3)C2=O)cc1. The first-order chi connectivity index (χ1) is 15.3. The Hall–Kier alpha value is -3.61. The number of nitrogens with one attached hydrogen (secondary N) is 2. The van der Waals surface area contributed by atoms with E-state index in [0.717, 1.165) is 10.5 Å². The summed E-state index contributed by atoms with van der Waals surface area (Å²) in [4.78, 5) is 39.2. The first-order valence-corrected chi connectivity index (χ1v) is 10.4. The van der Waals surface area contributed by atoms with Crippen LogP contribution in [0.25, 0.3) is 0 Å². The second-order valence-corrected chi connectivity index (χ2v) is 7.90. The first-order valence-electron chi connectivity index (χ1n) is 9.63. The fraction of sp³-hybridized carbons (Fsp3) is 0.0417. The summed E-state index contributed by atoms with van der Waals surface area (Å²) in [5, 5.41) is 5.82. The van der Waals surface area contributed by atoms with Gasteiger partial charge in [-0.05, 0) is 49.4 Å². The largest absolute Gasteiger partial charge is 0.350 e. The minimum absolute atomic E-state index is 0.0547. The molecule has 2 N–H and O–H groups in total. The molecule has 1 aliphatic heterocycles. The predicted octanol–water partition coefficient (Wildman–Crippen LogP) is 5.34. The van der Waals surface area contributed by atoms with Crippen LogP contribution in [0.5, 0.6) is 0 Å². The number of imide groups is 1. The molecule has 8 heteroatoms. The summed E-state index contributed by atoms with van der Waals surface area (Å²) in [5.74, 6) is -1.57. The van der Waals surface area contributed by atoms with Crippen LogP contribution in [0, 0.1) is 6.92 Å². The van der Waals surface area contributed by atoms with Crippen LogP contribution in [0.4, 0.5) is 17.1 Å². The van der Waals surface area contributed by atoms with E-state index in [1.165, 1.54) is 0 Å². The lowest BCUT2D eigenvalue weighted by Crippen LogP contribution is -2.32. The molecule has 0 spiro atoms. The maximum Gasteiger partial charge on any atom is 0.283 e. The number of hydrogen-bond acceptors (Lipinski definition) is 4. The summed E-state index contributed by atoms with van der Waals surface area (Å²) in [6.07, 6.45) is 0. The van der Waals surface area contributed by atoms with Gasteiger partial charge in [-0.1, -0.05) is 59.1 Å². The third kappa shape index (κ3) is 4.23. The molecule has 32 heavy (non-hydrogen) atoms. The van der Waals surface area contributed by atoms with E-state index in [9.17, 15) is 14.4 Å². The number of rotatable bonds is 5. The second-order valence-electron chi connectivity index (χ2n) is 7.11. The summed E-state index contributed by atoms with van der Waals surface area (Å²) in [6.45, 7) is 1.91. The molecule has 0 aliphatic carbocycles. The topological polar surface area (TPSA) is 78.5 Å². The molecule has 0 bridgehead atoms. The Morgan fingerprint density at radius 3 is 2.31 bits per heavy atom. The Morgan fingerprint density at radius 1 is 0.875 bits per heavy atom. The van der Waals surface area contributed by atoms with Crippen molar-refractivity contribution in [2.75, 3.05) is 15.5 Å². The third-order valence-corrected chi connectivity index (χ3v) is 5.52. The Balaban J connectivity index is 1.55. The number of para-hydroxylation sites is 1. The molecule has 0 fully saturated rings. The van der Waals surface area contributed by atoms with Gasteiger partial charge in [-0.25, -0.2) is 4.90 Å². The van der Waals surface area contributed by atoms with E-state index in [4.69, 9.17) is 23.2 Å². The van der Waals surface area contributed by atoms with Crippen molar-refractivity contribution in [3.63, 3.8) is 0 Å². The predicted molar refractivity (Wildman–Crippen MR) is 126 cm³/mol. The number of carbonyl (C=O) groups excluding carboxylic acids is 3. The molecule has 0 saturated carbocycles. The molecular formula is C24H17Cl2N3O3. The van der Waals surface area contributed by atoms with E-state index in [2.05, 4.69) is 10.6 Å². The van der Waals surface area contributed by atoms with Crippen LogP contribution in [0.2, 0.25) is 5.02 Å². The zero-order valence-electron chi connectivity index (χ0n) is 16.9. The van der Waals surface area contributed by atoms with Gasteiger partial charge in [0, 0.05) is 11.3 Å². The molecular weight excluding hydrogens is 449 g/mol. The van der Waals surface area contributed by atoms with Gasteiger partial charge in [-0.2, -0.15) is 0 Å². The summed E-state index contributed by atoms with van der Waals surface area (Å²) >= 11 is 12.3. The number of hydrogen-bond donors (Lipinski definition) is 2. The number of aryl methyl sites for hydroxylation is 1. The van der Waals surface area contributed by atoms with Crippen molar-refractivity contribution in [1.82, 2.24) is 0 Å². The Morgan fingerprint density at radius 2 is 1.59 bits per heavy atom. The summed E-state index contributed by atoms with van der Waals surface area (Å²) in [6, 6.07) is 20.3. The highest BCUT2D eigenvalue weighted by atomic mass is 35.5. The van der Waals surface area contributed by atoms with Crippen LogP contribution in [0.15, 0.2) is 83.5 Å². The number of carbonyl (C=O) groups is 3. The van der Waals surface area contributed by atoms with E-state index in [0.29, 0.717) is 27.6 Å². The van der Waals surface area contributed by atoms with Crippen LogP contribution in [0.3, 0.4) is 0 Å². The van der Waals surface area contributed by atoms with Crippen LogP contribution in [-0.4, -0.2) is 17.7 Å². The quantitative estimate of drug-likeness (QED) is 0.498. The van der Waals surface area contributed by atoms with Crippen molar-refractivity contribution in [2.45, 2.75) is 6.92 Å². The first kappa shape index (κ1) is 21.6. The van der Waals surface area contributed by atoms with Crippen LogP contribution in [0.1, 0.15) is 15.9 Å². The van der Waals surface area contributed by atoms with Crippen molar-refractivity contribution in [3.8, 4) is 0 Å². The Labute approximate surface area is 194 Å². The van der Waals surface area contributed by atoms with Gasteiger partial charge in [0.2, 0.25) is 0 Å². The lowest BCUT2D eigenvalue weighted by Gasteiger charge is -2.15. The van der Waals surface area contributed by atoms with Crippen molar-refractivity contribution in [2.24, 2.45) is 0 Å².